The van der Waals surface area contributed by atoms with Crippen LogP contribution in [0.5, 0.6) is 5.75 Å². The van der Waals surface area contributed by atoms with Gasteiger partial charge in [-0.15, -0.1) is 11.8 Å². The number of amides is 3. The molecule has 216 valence electrons. The predicted molar refractivity (Wildman–Crippen MR) is 146 cm³/mol. The lowest BCUT2D eigenvalue weighted by atomic mass is 10.1. The molecular weight excluding hydrogens is 588 g/mol. The lowest BCUT2D eigenvalue weighted by Crippen LogP contribution is -2.47. The van der Waals surface area contributed by atoms with E-state index < -0.39 is 35.8 Å². The highest BCUT2D eigenvalue weighted by Crippen LogP contribution is 2.30. The van der Waals surface area contributed by atoms with Gasteiger partial charge in [-0.3, -0.25) is 14.4 Å². The molecule has 2 heterocycles. The first kappa shape index (κ1) is 30.1. The SMILES string of the molecule is CSc1ccc(C(=O)Nc2cc(F)ccc2C(=O)Nc2ccc(Cl)cn2)c(OC2CCN(C(=O)C(F)(F)F)CC2)c1. The fourth-order valence-electron chi connectivity index (χ4n) is 4.09. The molecule has 3 amide bonds. The minimum absolute atomic E-state index is 0.0404. The topological polar surface area (TPSA) is 101 Å². The van der Waals surface area contributed by atoms with Crippen LogP contribution < -0.4 is 15.4 Å². The van der Waals surface area contributed by atoms with Gasteiger partial charge in [-0.05, 0) is 54.8 Å². The number of nitrogens with zero attached hydrogens (tertiary/aromatic N) is 2. The number of alkyl halides is 3. The van der Waals surface area contributed by atoms with Gasteiger partial charge >= 0.3 is 12.1 Å². The van der Waals surface area contributed by atoms with Gasteiger partial charge in [0.05, 0.1) is 21.8 Å². The van der Waals surface area contributed by atoms with Crippen LogP contribution in [0.3, 0.4) is 0 Å². The van der Waals surface area contributed by atoms with Crippen molar-refractivity contribution in [3.63, 3.8) is 0 Å². The maximum Gasteiger partial charge on any atom is 0.471 e. The standard InChI is InChI=1S/C27H23ClF4N4O4S/c1-41-18-4-6-20(22(13-18)40-17-8-10-36(11-9-17)26(39)27(30,31)32)25(38)34-21-12-16(29)3-5-19(21)24(37)35-23-7-2-15(28)14-33-23/h2-7,12-14,17H,8-11H2,1H3,(H,34,38)(H,33,35,37). The van der Waals surface area contributed by atoms with Crippen molar-refractivity contribution < 1.29 is 36.7 Å². The Morgan fingerprint density at radius 1 is 1.00 bits per heavy atom. The Kier molecular flexibility index (Phi) is 9.38. The Morgan fingerprint density at radius 3 is 2.32 bits per heavy atom. The smallest absolute Gasteiger partial charge is 0.471 e. The molecule has 41 heavy (non-hydrogen) atoms. The number of hydrogen-bond donors (Lipinski definition) is 2. The summed E-state index contributed by atoms with van der Waals surface area (Å²) in [6.07, 6.45) is -2.11. The second-order valence-corrected chi connectivity index (χ2v) is 10.2. The number of piperidine rings is 1. The first-order valence-electron chi connectivity index (χ1n) is 12.2. The maximum absolute atomic E-state index is 14.1. The van der Waals surface area contributed by atoms with E-state index in [0.29, 0.717) is 5.02 Å². The molecule has 4 rings (SSSR count). The van der Waals surface area contributed by atoms with E-state index in [1.807, 2.05) is 6.26 Å². The second-order valence-electron chi connectivity index (χ2n) is 8.93. The monoisotopic (exact) mass is 610 g/mol. The van der Waals surface area contributed by atoms with E-state index in [2.05, 4.69) is 15.6 Å². The van der Waals surface area contributed by atoms with E-state index in [1.54, 1.807) is 12.1 Å². The summed E-state index contributed by atoms with van der Waals surface area (Å²) in [4.78, 5) is 43.3. The number of halogens is 5. The molecule has 1 aliphatic heterocycles. The fourth-order valence-corrected chi connectivity index (χ4v) is 4.63. The summed E-state index contributed by atoms with van der Waals surface area (Å²) in [5.41, 5.74) is -0.0895. The van der Waals surface area contributed by atoms with Crippen LogP contribution in [0.2, 0.25) is 5.02 Å². The molecule has 1 aliphatic rings. The third-order valence-electron chi connectivity index (χ3n) is 6.14. The normalized spacial score (nSPS) is 14.0. The van der Waals surface area contributed by atoms with Gasteiger partial charge in [-0.2, -0.15) is 13.2 Å². The van der Waals surface area contributed by atoms with Crippen molar-refractivity contribution in [1.82, 2.24) is 9.88 Å². The fraction of sp³-hybridized carbons (Fsp3) is 0.259. The van der Waals surface area contributed by atoms with Crippen LogP contribution in [0.15, 0.2) is 59.6 Å². The summed E-state index contributed by atoms with van der Waals surface area (Å²) in [6.45, 7) is -0.312. The number of pyridine rings is 1. The Bertz CT molecular complexity index is 1450. The van der Waals surface area contributed by atoms with Crippen LogP contribution >= 0.6 is 23.4 Å². The molecule has 2 N–H and O–H groups in total. The van der Waals surface area contributed by atoms with Crippen LogP contribution in [0, 0.1) is 5.82 Å². The second kappa shape index (κ2) is 12.8. The first-order valence-corrected chi connectivity index (χ1v) is 13.8. The number of likely N-dealkylation sites (tertiary alicyclic amines) is 1. The molecule has 0 unspecified atom stereocenters. The van der Waals surface area contributed by atoms with E-state index in [9.17, 15) is 31.9 Å². The Balaban J connectivity index is 1.52. The van der Waals surface area contributed by atoms with Gasteiger partial charge in [0, 0.05) is 37.0 Å². The van der Waals surface area contributed by atoms with Gasteiger partial charge in [-0.25, -0.2) is 9.37 Å². The van der Waals surface area contributed by atoms with Crippen molar-refractivity contribution in [3.8, 4) is 5.75 Å². The number of rotatable bonds is 7. The maximum atomic E-state index is 14.1. The van der Waals surface area contributed by atoms with Crippen LogP contribution in [-0.2, 0) is 4.79 Å². The third kappa shape index (κ3) is 7.67. The highest BCUT2D eigenvalue weighted by molar-refractivity contribution is 7.98. The number of carbonyl (C=O) groups is 3. The van der Waals surface area contributed by atoms with E-state index in [0.717, 1.165) is 21.9 Å². The quantitative estimate of drug-likeness (QED) is 0.250. The number of nitrogens with one attached hydrogen (secondary N) is 2. The number of anilines is 2. The average molecular weight is 611 g/mol. The lowest BCUT2D eigenvalue weighted by molar-refractivity contribution is -0.187. The molecule has 0 spiro atoms. The van der Waals surface area contributed by atoms with Crippen LogP contribution in [0.4, 0.5) is 29.1 Å². The molecule has 1 fully saturated rings. The molecule has 3 aromatic rings. The zero-order valence-corrected chi connectivity index (χ0v) is 23.0. The van der Waals surface area contributed by atoms with Crippen LogP contribution in [0.1, 0.15) is 33.6 Å². The molecule has 0 aliphatic carbocycles. The molecule has 1 saturated heterocycles. The summed E-state index contributed by atoms with van der Waals surface area (Å²) in [5, 5.41) is 5.47. The van der Waals surface area contributed by atoms with Gasteiger partial charge in [-0.1, -0.05) is 11.6 Å². The molecule has 2 aromatic carbocycles. The summed E-state index contributed by atoms with van der Waals surface area (Å²) < 4.78 is 58.5. The Labute approximate surface area is 241 Å². The van der Waals surface area contributed by atoms with E-state index in [1.165, 1.54) is 42.2 Å². The van der Waals surface area contributed by atoms with Gasteiger partial charge in [0.1, 0.15) is 23.5 Å². The third-order valence-corrected chi connectivity index (χ3v) is 7.09. The van der Waals surface area contributed by atoms with Crippen molar-refractivity contribution in [2.75, 3.05) is 30.0 Å². The van der Waals surface area contributed by atoms with Crippen molar-refractivity contribution in [1.29, 1.82) is 0 Å². The molecule has 0 atom stereocenters. The minimum atomic E-state index is -4.95. The average Bonchev–Trinajstić information content (AvgIpc) is 2.93. The summed E-state index contributed by atoms with van der Waals surface area (Å²) in [7, 11) is 0. The minimum Gasteiger partial charge on any atom is -0.489 e. The molecule has 8 nitrogen and oxygen atoms in total. The number of carbonyl (C=O) groups excluding carboxylic acids is 3. The van der Waals surface area contributed by atoms with Gasteiger partial charge in [0.15, 0.2) is 0 Å². The number of thioether (sulfide) groups is 1. The summed E-state index contributed by atoms with van der Waals surface area (Å²) in [6, 6.07) is 11.0. The highest BCUT2D eigenvalue weighted by atomic mass is 35.5. The first-order chi connectivity index (χ1) is 19.4. The number of benzene rings is 2. The summed E-state index contributed by atoms with van der Waals surface area (Å²) >= 11 is 7.20. The van der Waals surface area contributed by atoms with Crippen molar-refractivity contribution >= 4 is 52.6 Å². The Morgan fingerprint density at radius 2 is 1.68 bits per heavy atom. The number of ether oxygens (including phenoxy) is 1. The molecule has 0 saturated carbocycles. The van der Waals surface area contributed by atoms with Crippen molar-refractivity contribution in [3.05, 3.63) is 76.7 Å². The van der Waals surface area contributed by atoms with Crippen LogP contribution in [0.25, 0.3) is 0 Å². The summed E-state index contributed by atoms with van der Waals surface area (Å²) in [5.74, 6) is -3.63. The highest BCUT2D eigenvalue weighted by Gasteiger charge is 2.43. The molecule has 14 heteroatoms. The van der Waals surface area contributed by atoms with E-state index in [4.69, 9.17) is 16.3 Å². The molecule has 0 radical (unpaired) electrons. The predicted octanol–water partition coefficient (Wildman–Crippen LogP) is 6.03. The number of hydrogen-bond acceptors (Lipinski definition) is 6. The number of aromatic nitrogens is 1. The van der Waals surface area contributed by atoms with Gasteiger partial charge in [0.2, 0.25) is 0 Å². The van der Waals surface area contributed by atoms with E-state index in [-0.39, 0.29) is 54.3 Å². The van der Waals surface area contributed by atoms with Crippen molar-refractivity contribution in [2.45, 2.75) is 30.0 Å². The molecule has 0 bridgehead atoms. The van der Waals surface area contributed by atoms with E-state index >= 15 is 0 Å². The Hall–Kier alpha value is -3.84. The van der Waals surface area contributed by atoms with Crippen LogP contribution in [-0.4, -0.2) is 59.2 Å². The molecular formula is C27H23ClF4N4O4S. The zero-order chi connectivity index (χ0) is 29.7. The lowest BCUT2D eigenvalue weighted by Gasteiger charge is -2.32. The van der Waals surface area contributed by atoms with Crippen molar-refractivity contribution in [2.24, 2.45) is 0 Å². The zero-order valence-electron chi connectivity index (χ0n) is 21.4. The molecule has 1 aromatic heterocycles. The van der Waals surface area contributed by atoms with Gasteiger partial charge in [0.25, 0.3) is 11.8 Å². The largest absolute Gasteiger partial charge is 0.489 e. The van der Waals surface area contributed by atoms with Gasteiger partial charge < -0.3 is 20.3 Å².